The van der Waals surface area contributed by atoms with Crippen LogP contribution in [0.1, 0.15) is 20.8 Å². The Labute approximate surface area is 120 Å². The van der Waals surface area contributed by atoms with Crippen molar-refractivity contribution in [1.82, 2.24) is 5.01 Å². The molecule has 1 amide bonds. The quantitative estimate of drug-likeness (QED) is 0.662. The van der Waals surface area contributed by atoms with E-state index in [1.165, 1.54) is 5.01 Å². The molecular weight excluding hydrogens is 256 g/mol. The van der Waals surface area contributed by atoms with Gasteiger partial charge in [-0.3, -0.25) is 5.43 Å². The van der Waals surface area contributed by atoms with Crippen LogP contribution in [-0.2, 0) is 4.74 Å². The van der Waals surface area contributed by atoms with Gasteiger partial charge in [0.05, 0.1) is 19.3 Å². The zero-order valence-corrected chi connectivity index (χ0v) is 12.5. The average molecular weight is 278 g/mol. The van der Waals surface area contributed by atoms with Crippen LogP contribution in [-0.4, -0.2) is 30.4 Å². The Kier molecular flexibility index (Phi) is 5.43. The van der Waals surface area contributed by atoms with Gasteiger partial charge in [-0.15, -0.1) is 6.58 Å². The van der Waals surface area contributed by atoms with Gasteiger partial charge in [0.2, 0.25) is 0 Å². The largest absolute Gasteiger partial charge is 0.497 e. The first kappa shape index (κ1) is 15.9. The van der Waals surface area contributed by atoms with Crippen LogP contribution < -0.4 is 10.2 Å². The molecule has 0 saturated carbocycles. The summed E-state index contributed by atoms with van der Waals surface area (Å²) in [5.41, 5.74) is 3.20. The summed E-state index contributed by atoms with van der Waals surface area (Å²) in [5.74, 6) is 0.753. The topological polar surface area (TPSA) is 50.8 Å². The Morgan fingerprint density at radius 1 is 1.35 bits per heavy atom. The molecule has 0 bridgehead atoms. The zero-order valence-electron chi connectivity index (χ0n) is 12.5. The number of nitrogens with zero attached hydrogens (tertiary/aromatic N) is 1. The monoisotopic (exact) mass is 278 g/mol. The molecule has 0 fully saturated rings. The van der Waals surface area contributed by atoms with Gasteiger partial charge in [0.1, 0.15) is 11.4 Å². The zero-order chi connectivity index (χ0) is 15.2. The number of methoxy groups -OCH3 is 1. The van der Waals surface area contributed by atoms with Crippen LogP contribution in [0.2, 0.25) is 0 Å². The molecule has 0 saturated heterocycles. The fourth-order valence-electron chi connectivity index (χ4n) is 1.43. The summed E-state index contributed by atoms with van der Waals surface area (Å²) in [7, 11) is 1.60. The van der Waals surface area contributed by atoms with E-state index < -0.39 is 11.7 Å². The lowest BCUT2D eigenvalue weighted by Crippen LogP contribution is -2.40. The number of amides is 1. The van der Waals surface area contributed by atoms with Crippen molar-refractivity contribution in [2.24, 2.45) is 0 Å². The number of anilines is 1. The highest BCUT2D eigenvalue weighted by atomic mass is 16.6. The first-order valence-electron chi connectivity index (χ1n) is 6.38. The molecule has 110 valence electrons. The number of benzene rings is 1. The molecule has 1 aromatic carbocycles. The Morgan fingerprint density at radius 3 is 2.40 bits per heavy atom. The van der Waals surface area contributed by atoms with Crippen molar-refractivity contribution >= 4 is 11.8 Å². The molecule has 0 aliphatic rings. The first-order chi connectivity index (χ1) is 9.35. The van der Waals surface area contributed by atoms with Crippen molar-refractivity contribution in [3.63, 3.8) is 0 Å². The number of nitrogens with one attached hydrogen (secondary N) is 1. The van der Waals surface area contributed by atoms with E-state index in [1.807, 2.05) is 45.0 Å². The van der Waals surface area contributed by atoms with E-state index in [2.05, 4.69) is 12.0 Å². The summed E-state index contributed by atoms with van der Waals surface area (Å²) in [6.07, 6.45) is 1.17. The minimum atomic E-state index is -0.544. The van der Waals surface area contributed by atoms with E-state index >= 15 is 0 Å². The van der Waals surface area contributed by atoms with Gasteiger partial charge in [-0.2, -0.15) is 0 Å². The molecule has 0 spiro atoms. The average Bonchev–Trinajstić information content (AvgIpc) is 2.37. The fourth-order valence-corrected chi connectivity index (χ4v) is 1.43. The predicted molar refractivity (Wildman–Crippen MR) is 79.8 cm³/mol. The van der Waals surface area contributed by atoms with Crippen molar-refractivity contribution < 1.29 is 14.3 Å². The molecule has 0 atom stereocenters. The summed E-state index contributed by atoms with van der Waals surface area (Å²) >= 11 is 0. The molecule has 0 heterocycles. The van der Waals surface area contributed by atoms with Crippen LogP contribution in [0.4, 0.5) is 10.5 Å². The smallest absolute Gasteiger partial charge is 0.429 e. The molecule has 0 unspecified atom stereocenters. The number of hydrazine groups is 1. The lowest BCUT2D eigenvalue weighted by Gasteiger charge is -2.27. The molecule has 0 aliphatic heterocycles. The van der Waals surface area contributed by atoms with Crippen LogP contribution in [0, 0.1) is 0 Å². The Hall–Kier alpha value is -2.17. The molecule has 5 nitrogen and oxygen atoms in total. The predicted octanol–water partition coefficient (Wildman–Crippen LogP) is 3.45. The number of hydrogen-bond donors (Lipinski definition) is 1. The SMILES string of the molecule is C=CCN(Nc1ccc(OC)cc1)C(=O)OC(C)(C)C. The maximum Gasteiger partial charge on any atom is 0.429 e. The van der Waals surface area contributed by atoms with Crippen LogP contribution in [0.15, 0.2) is 36.9 Å². The molecular formula is C15H22N2O3. The third-order valence-electron chi connectivity index (χ3n) is 2.28. The molecule has 20 heavy (non-hydrogen) atoms. The van der Waals surface area contributed by atoms with Crippen molar-refractivity contribution in [1.29, 1.82) is 0 Å². The van der Waals surface area contributed by atoms with Crippen molar-refractivity contribution in [2.75, 3.05) is 19.1 Å². The highest BCUT2D eigenvalue weighted by Gasteiger charge is 2.21. The second kappa shape index (κ2) is 6.84. The molecule has 5 heteroatoms. The van der Waals surface area contributed by atoms with E-state index in [4.69, 9.17) is 9.47 Å². The van der Waals surface area contributed by atoms with Crippen LogP contribution in [0.3, 0.4) is 0 Å². The van der Waals surface area contributed by atoms with Crippen LogP contribution in [0.5, 0.6) is 5.75 Å². The number of ether oxygens (including phenoxy) is 2. The summed E-state index contributed by atoms with van der Waals surface area (Å²) < 4.78 is 10.4. The Bertz CT molecular complexity index is 449. The Morgan fingerprint density at radius 2 is 1.95 bits per heavy atom. The van der Waals surface area contributed by atoms with E-state index in [0.29, 0.717) is 6.54 Å². The van der Waals surface area contributed by atoms with E-state index in [9.17, 15) is 4.79 Å². The number of hydrogen-bond acceptors (Lipinski definition) is 4. The normalized spacial score (nSPS) is 10.6. The van der Waals surface area contributed by atoms with Gasteiger partial charge in [-0.25, -0.2) is 9.80 Å². The van der Waals surface area contributed by atoms with Gasteiger partial charge in [0.15, 0.2) is 0 Å². The second-order valence-corrected chi connectivity index (χ2v) is 5.22. The first-order valence-corrected chi connectivity index (χ1v) is 6.38. The number of rotatable bonds is 5. The molecule has 0 aliphatic carbocycles. The van der Waals surface area contributed by atoms with Gasteiger partial charge in [-0.05, 0) is 45.0 Å². The number of carbonyl (C=O) groups is 1. The third kappa shape index (κ3) is 5.22. The van der Waals surface area contributed by atoms with Gasteiger partial charge in [0, 0.05) is 0 Å². The molecule has 1 aromatic rings. The highest BCUT2D eigenvalue weighted by Crippen LogP contribution is 2.17. The van der Waals surface area contributed by atoms with Crippen molar-refractivity contribution in [3.8, 4) is 5.75 Å². The molecule has 0 radical (unpaired) electrons. The maximum absolute atomic E-state index is 12.0. The van der Waals surface area contributed by atoms with Crippen molar-refractivity contribution in [3.05, 3.63) is 36.9 Å². The molecule has 1 rings (SSSR count). The van der Waals surface area contributed by atoms with E-state index in [0.717, 1.165) is 11.4 Å². The van der Waals surface area contributed by atoms with Gasteiger partial charge in [0.25, 0.3) is 0 Å². The van der Waals surface area contributed by atoms with Gasteiger partial charge >= 0.3 is 6.09 Å². The standard InChI is InChI=1S/C15H22N2O3/c1-6-11-17(14(18)20-15(2,3)4)16-12-7-9-13(19-5)10-8-12/h6-10,16H,1,11H2,2-5H3. The highest BCUT2D eigenvalue weighted by molar-refractivity contribution is 5.70. The Balaban J connectivity index is 2.75. The minimum Gasteiger partial charge on any atom is -0.497 e. The van der Waals surface area contributed by atoms with Crippen LogP contribution >= 0.6 is 0 Å². The summed E-state index contributed by atoms with van der Waals surface area (Å²) in [4.78, 5) is 12.0. The molecule has 0 aromatic heterocycles. The maximum atomic E-state index is 12.0. The fraction of sp³-hybridized carbons (Fsp3) is 0.400. The van der Waals surface area contributed by atoms with E-state index in [1.54, 1.807) is 13.2 Å². The summed E-state index contributed by atoms with van der Waals surface area (Å²) in [5, 5.41) is 1.36. The number of carbonyl (C=O) groups excluding carboxylic acids is 1. The molecule has 1 N–H and O–H groups in total. The lowest BCUT2D eigenvalue weighted by molar-refractivity contribution is 0.0316. The third-order valence-corrected chi connectivity index (χ3v) is 2.28. The van der Waals surface area contributed by atoms with Gasteiger partial charge in [-0.1, -0.05) is 6.08 Å². The summed E-state index contributed by atoms with van der Waals surface area (Å²) in [6.45, 7) is 9.44. The van der Waals surface area contributed by atoms with Crippen LogP contribution in [0.25, 0.3) is 0 Å². The van der Waals surface area contributed by atoms with Gasteiger partial charge < -0.3 is 9.47 Å². The second-order valence-electron chi connectivity index (χ2n) is 5.22. The van der Waals surface area contributed by atoms with Crippen molar-refractivity contribution in [2.45, 2.75) is 26.4 Å². The van der Waals surface area contributed by atoms with E-state index in [-0.39, 0.29) is 0 Å². The lowest BCUT2D eigenvalue weighted by atomic mass is 10.2. The summed E-state index contributed by atoms with van der Waals surface area (Å²) in [6, 6.07) is 7.26. The minimum absolute atomic E-state index is 0.334.